The standard InChI is InChI=1S/C9H10AsNO3/c1-13-5-3-6(10)8(9(11)12)7(4-5)14-2/h3-4H,1-2H3,(H2,11,12). The molecule has 74 valence electrons. The number of carbonyl (C=O) groups excluding carboxylic acids is 1. The molecule has 0 aliphatic rings. The summed E-state index contributed by atoms with van der Waals surface area (Å²) < 4.78 is 10.8. The number of ether oxygens (including phenoxy) is 2. The van der Waals surface area contributed by atoms with Crippen LogP contribution in [-0.4, -0.2) is 37.0 Å². The number of hydrogen-bond donors (Lipinski definition) is 1. The molecule has 0 aliphatic heterocycles. The normalized spacial score (nSPS) is 9.64. The van der Waals surface area contributed by atoms with Crippen molar-refractivity contribution in [2.75, 3.05) is 14.2 Å². The van der Waals surface area contributed by atoms with Crippen molar-refractivity contribution in [3.63, 3.8) is 0 Å². The molecule has 4 nitrogen and oxygen atoms in total. The van der Waals surface area contributed by atoms with Gasteiger partial charge in [-0.05, 0) is 0 Å². The van der Waals surface area contributed by atoms with Crippen LogP contribution in [0.25, 0.3) is 0 Å². The number of nitrogens with two attached hydrogens (primary N) is 1. The summed E-state index contributed by atoms with van der Waals surface area (Å²) in [5.41, 5.74) is 5.58. The zero-order valence-corrected chi connectivity index (χ0v) is 9.78. The summed E-state index contributed by atoms with van der Waals surface area (Å²) in [5, 5.41) is 0. The molecule has 2 N–H and O–H groups in total. The van der Waals surface area contributed by atoms with Crippen molar-refractivity contribution in [2.24, 2.45) is 5.73 Å². The van der Waals surface area contributed by atoms with E-state index in [1.54, 1.807) is 19.2 Å². The first-order chi connectivity index (χ1) is 6.60. The summed E-state index contributed by atoms with van der Waals surface area (Å²) in [5.74, 6) is 0.537. The van der Waals surface area contributed by atoms with Gasteiger partial charge in [0.25, 0.3) is 0 Å². The van der Waals surface area contributed by atoms with Crippen LogP contribution in [0.2, 0.25) is 0 Å². The van der Waals surface area contributed by atoms with E-state index in [9.17, 15) is 4.79 Å². The van der Waals surface area contributed by atoms with Crippen LogP contribution in [0.15, 0.2) is 12.1 Å². The number of rotatable bonds is 3. The van der Waals surface area contributed by atoms with Gasteiger partial charge in [-0.15, -0.1) is 0 Å². The fourth-order valence-corrected chi connectivity index (χ4v) is 1.83. The third-order valence-corrected chi connectivity index (χ3v) is 2.50. The van der Waals surface area contributed by atoms with Crippen LogP contribution in [0.3, 0.4) is 0 Å². The van der Waals surface area contributed by atoms with Crippen molar-refractivity contribution in [3.05, 3.63) is 17.7 Å². The van der Waals surface area contributed by atoms with Crippen LogP contribution >= 0.6 is 0 Å². The Balaban J connectivity index is 3.34. The average Bonchev–Trinajstić information content (AvgIpc) is 2.15. The van der Waals surface area contributed by atoms with Gasteiger partial charge in [-0.25, -0.2) is 0 Å². The molecule has 0 aliphatic carbocycles. The summed E-state index contributed by atoms with van der Waals surface area (Å²) in [7, 11) is 3.03. The molecule has 0 unspecified atom stereocenters. The molecular formula is C9H10AsNO3. The van der Waals surface area contributed by atoms with E-state index in [0.29, 0.717) is 21.4 Å². The van der Waals surface area contributed by atoms with Crippen molar-refractivity contribution < 1.29 is 14.3 Å². The summed E-state index contributed by atoms with van der Waals surface area (Å²) in [6, 6.07) is 3.33. The molecule has 5 heteroatoms. The van der Waals surface area contributed by atoms with E-state index in [-0.39, 0.29) is 0 Å². The van der Waals surface area contributed by atoms with Crippen molar-refractivity contribution in [1.29, 1.82) is 0 Å². The summed E-state index contributed by atoms with van der Waals surface area (Å²) in [6.45, 7) is 0. The first-order valence-electron chi connectivity index (χ1n) is 3.85. The number of carbonyl (C=O) groups is 1. The predicted molar refractivity (Wildman–Crippen MR) is 53.5 cm³/mol. The van der Waals surface area contributed by atoms with Crippen molar-refractivity contribution in [1.82, 2.24) is 0 Å². The SMILES string of the molecule is COc1cc([As])c(C(N)=O)c(OC)c1. The Morgan fingerprint density at radius 2 is 2.00 bits per heavy atom. The van der Waals surface area contributed by atoms with Crippen molar-refractivity contribution >= 4 is 27.1 Å². The van der Waals surface area contributed by atoms with Gasteiger partial charge in [0, 0.05) is 0 Å². The van der Waals surface area contributed by atoms with E-state index >= 15 is 0 Å². The van der Waals surface area contributed by atoms with Crippen LogP contribution in [0.4, 0.5) is 0 Å². The second kappa shape index (κ2) is 4.38. The predicted octanol–water partition coefficient (Wildman–Crippen LogP) is -0.404. The van der Waals surface area contributed by atoms with Crippen molar-refractivity contribution in [3.8, 4) is 11.5 Å². The summed E-state index contributed by atoms with van der Waals surface area (Å²) in [6.07, 6.45) is 0. The van der Waals surface area contributed by atoms with E-state index in [4.69, 9.17) is 15.2 Å². The molecule has 1 aromatic carbocycles. The zero-order chi connectivity index (χ0) is 10.7. The van der Waals surface area contributed by atoms with Gasteiger partial charge in [0.1, 0.15) is 0 Å². The monoisotopic (exact) mass is 255 g/mol. The topological polar surface area (TPSA) is 61.5 Å². The summed E-state index contributed by atoms with van der Waals surface area (Å²) in [4.78, 5) is 11.1. The molecule has 0 heterocycles. The first kappa shape index (κ1) is 10.9. The third kappa shape index (κ3) is 2.02. The van der Waals surface area contributed by atoms with Crippen molar-refractivity contribution in [2.45, 2.75) is 0 Å². The molecule has 0 fully saturated rings. The Bertz CT molecular complexity index is 365. The van der Waals surface area contributed by atoms with Crippen LogP contribution in [0.5, 0.6) is 11.5 Å². The van der Waals surface area contributed by atoms with Crippen LogP contribution in [0, 0.1) is 0 Å². The molecule has 1 rings (SSSR count). The number of benzene rings is 1. The maximum atomic E-state index is 11.1. The Morgan fingerprint density at radius 3 is 2.43 bits per heavy atom. The number of methoxy groups -OCH3 is 2. The van der Waals surface area contributed by atoms with Gasteiger partial charge < -0.3 is 0 Å². The Kier molecular flexibility index (Phi) is 3.42. The van der Waals surface area contributed by atoms with Gasteiger partial charge in [0.05, 0.1) is 0 Å². The van der Waals surface area contributed by atoms with E-state index in [0.717, 1.165) is 0 Å². The quantitative estimate of drug-likeness (QED) is 0.747. The van der Waals surface area contributed by atoms with Gasteiger partial charge in [-0.2, -0.15) is 0 Å². The molecule has 0 aromatic heterocycles. The first-order valence-corrected chi connectivity index (χ1v) is 4.78. The molecule has 2 radical (unpaired) electrons. The molecule has 0 spiro atoms. The minimum atomic E-state index is -0.514. The second-order valence-electron chi connectivity index (χ2n) is 2.59. The number of amides is 1. The minimum absolute atomic E-state index is 0.369. The molecule has 0 saturated carbocycles. The van der Waals surface area contributed by atoms with Gasteiger partial charge >= 0.3 is 90.5 Å². The Labute approximate surface area is 90.9 Å². The Hall–Kier alpha value is -1.15. The average molecular weight is 255 g/mol. The van der Waals surface area contributed by atoms with Gasteiger partial charge in [-0.1, -0.05) is 0 Å². The number of hydrogen-bond acceptors (Lipinski definition) is 3. The van der Waals surface area contributed by atoms with Crippen LogP contribution < -0.4 is 19.6 Å². The fourth-order valence-electron chi connectivity index (χ4n) is 1.10. The summed E-state index contributed by atoms with van der Waals surface area (Å²) >= 11 is 2.26. The van der Waals surface area contributed by atoms with Gasteiger partial charge in [-0.3, -0.25) is 0 Å². The number of primary amides is 1. The van der Waals surface area contributed by atoms with E-state index in [1.165, 1.54) is 7.11 Å². The van der Waals surface area contributed by atoms with Gasteiger partial charge in [0.2, 0.25) is 0 Å². The molecule has 0 bridgehead atoms. The van der Waals surface area contributed by atoms with E-state index in [2.05, 4.69) is 16.9 Å². The second-order valence-corrected chi connectivity index (χ2v) is 3.60. The third-order valence-electron chi connectivity index (χ3n) is 1.76. The van der Waals surface area contributed by atoms with Crippen LogP contribution in [-0.2, 0) is 0 Å². The molecule has 0 saturated heterocycles. The Morgan fingerprint density at radius 1 is 1.36 bits per heavy atom. The molecular weight excluding hydrogens is 245 g/mol. The van der Waals surface area contributed by atoms with E-state index < -0.39 is 5.91 Å². The molecule has 1 aromatic rings. The zero-order valence-electron chi connectivity index (χ0n) is 7.90. The van der Waals surface area contributed by atoms with Gasteiger partial charge in [0.15, 0.2) is 0 Å². The molecule has 0 atom stereocenters. The molecule has 14 heavy (non-hydrogen) atoms. The maximum absolute atomic E-state index is 11.1. The van der Waals surface area contributed by atoms with Crippen LogP contribution in [0.1, 0.15) is 10.4 Å². The molecule has 1 amide bonds. The fraction of sp³-hybridized carbons (Fsp3) is 0.222. The van der Waals surface area contributed by atoms with E-state index in [1.807, 2.05) is 0 Å².